The molecule has 26 heavy (non-hydrogen) atoms. The zero-order chi connectivity index (χ0) is 18.5. The Labute approximate surface area is 154 Å². The normalized spacial score (nSPS) is 15.0. The molecule has 0 bridgehead atoms. The smallest absolute Gasteiger partial charge is 0.265 e. The number of anilines is 2. The van der Waals surface area contributed by atoms with Gasteiger partial charge >= 0.3 is 0 Å². The molecule has 1 saturated heterocycles. The molecule has 1 aliphatic heterocycles. The van der Waals surface area contributed by atoms with Gasteiger partial charge < -0.3 is 15.0 Å². The highest BCUT2D eigenvalue weighted by molar-refractivity contribution is 5.97. The van der Waals surface area contributed by atoms with Crippen LogP contribution in [-0.4, -0.2) is 24.5 Å². The van der Waals surface area contributed by atoms with Crippen molar-refractivity contribution < 1.29 is 14.3 Å². The van der Waals surface area contributed by atoms with Gasteiger partial charge in [-0.3, -0.25) is 9.59 Å². The molecule has 1 N–H and O–H groups in total. The molecule has 0 aliphatic carbocycles. The Morgan fingerprint density at radius 3 is 2.62 bits per heavy atom. The van der Waals surface area contributed by atoms with Crippen LogP contribution in [0.4, 0.5) is 11.4 Å². The van der Waals surface area contributed by atoms with Crippen LogP contribution in [0.3, 0.4) is 0 Å². The minimum atomic E-state index is -0.559. The third kappa shape index (κ3) is 4.23. The second-order valence-corrected chi connectivity index (χ2v) is 6.52. The summed E-state index contributed by atoms with van der Waals surface area (Å²) in [5.41, 5.74) is 2.65. The van der Waals surface area contributed by atoms with E-state index >= 15 is 0 Å². The summed E-state index contributed by atoms with van der Waals surface area (Å²) < 4.78 is 5.83. The number of hydrogen-bond acceptors (Lipinski definition) is 3. The lowest BCUT2D eigenvalue weighted by molar-refractivity contribution is -0.122. The number of nitrogens with zero attached hydrogens (tertiary/aromatic N) is 1. The van der Waals surface area contributed by atoms with Crippen LogP contribution in [0.1, 0.15) is 31.7 Å². The van der Waals surface area contributed by atoms with Gasteiger partial charge in [0.2, 0.25) is 5.91 Å². The van der Waals surface area contributed by atoms with E-state index < -0.39 is 6.10 Å². The average molecular weight is 352 g/mol. The van der Waals surface area contributed by atoms with Gasteiger partial charge in [-0.1, -0.05) is 19.1 Å². The van der Waals surface area contributed by atoms with Crippen molar-refractivity contribution in [1.82, 2.24) is 0 Å². The summed E-state index contributed by atoms with van der Waals surface area (Å²) in [7, 11) is 0. The first-order valence-electron chi connectivity index (χ1n) is 9.01. The van der Waals surface area contributed by atoms with Crippen LogP contribution in [0.5, 0.6) is 5.75 Å². The highest BCUT2D eigenvalue weighted by atomic mass is 16.5. The molecule has 1 atom stereocenters. The zero-order valence-corrected chi connectivity index (χ0v) is 15.2. The van der Waals surface area contributed by atoms with Gasteiger partial charge in [-0.05, 0) is 61.7 Å². The number of benzene rings is 2. The maximum Gasteiger partial charge on any atom is 0.265 e. The molecule has 1 aliphatic rings. The lowest BCUT2D eigenvalue weighted by Crippen LogP contribution is -2.32. The maximum atomic E-state index is 12.5. The van der Waals surface area contributed by atoms with Crippen molar-refractivity contribution >= 4 is 23.2 Å². The molecule has 2 aromatic carbocycles. The van der Waals surface area contributed by atoms with Crippen molar-refractivity contribution in [3.63, 3.8) is 0 Å². The molecule has 1 fully saturated rings. The fraction of sp³-hybridized carbons (Fsp3) is 0.333. The van der Waals surface area contributed by atoms with Gasteiger partial charge in [0.1, 0.15) is 5.75 Å². The van der Waals surface area contributed by atoms with Gasteiger partial charge in [-0.25, -0.2) is 0 Å². The minimum absolute atomic E-state index is 0.152. The second-order valence-electron chi connectivity index (χ2n) is 6.52. The molecule has 0 radical (unpaired) electrons. The largest absolute Gasteiger partial charge is 0.481 e. The number of aryl methyl sites for hydroxylation is 1. The fourth-order valence-corrected chi connectivity index (χ4v) is 3.04. The SMILES string of the molecule is CC[C@@H](Oc1cccc(C)c1)C(=O)Nc1ccc(N2CCCC2=O)cc1. The fourth-order valence-electron chi connectivity index (χ4n) is 3.04. The van der Waals surface area contributed by atoms with Crippen LogP contribution in [0, 0.1) is 6.92 Å². The van der Waals surface area contributed by atoms with Crippen LogP contribution in [-0.2, 0) is 9.59 Å². The van der Waals surface area contributed by atoms with Crippen molar-refractivity contribution in [3.8, 4) is 5.75 Å². The predicted molar refractivity (Wildman–Crippen MR) is 103 cm³/mol. The molecular weight excluding hydrogens is 328 g/mol. The summed E-state index contributed by atoms with van der Waals surface area (Å²) >= 11 is 0. The summed E-state index contributed by atoms with van der Waals surface area (Å²) in [4.78, 5) is 26.1. The third-order valence-corrected chi connectivity index (χ3v) is 4.45. The van der Waals surface area contributed by atoms with Gasteiger partial charge in [0, 0.05) is 24.3 Å². The average Bonchev–Trinajstić information content (AvgIpc) is 3.06. The molecule has 0 saturated carbocycles. The van der Waals surface area contributed by atoms with Crippen molar-refractivity contribution in [3.05, 3.63) is 54.1 Å². The van der Waals surface area contributed by atoms with E-state index in [0.29, 0.717) is 24.3 Å². The van der Waals surface area contributed by atoms with E-state index in [9.17, 15) is 9.59 Å². The molecule has 3 rings (SSSR count). The number of hydrogen-bond donors (Lipinski definition) is 1. The Balaban J connectivity index is 1.63. The number of ether oxygens (including phenoxy) is 1. The Kier molecular flexibility index (Phi) is 5.56. The first-order valence-corrected chi connectivity index (χ1v) is 9.01. The Bertz CT molecular complexity index is 786. The molecule has 0 unspecified atom stereocenters. The maximum absolute atomic E-state index is 12.5. The number of rotatable bonds is 6. The lowest BCUT2D eigenvalue weighted by atomic mass is 10.2. The number of carbonyl (C=O) groups is 2. The van der Waals surface area contributed by atoms with Gasteiger partial charge in [-0.2, -0.15) is 0 Å². The minimum Gasteiger partial charge on any atom is -0.481 e. The highest BCUT2D eigenvalue weighted by Gasteiger charge is 2.22. The van der Waals surface area contributed by atoms with Crippen LogP contribution < -0.4 is 15.0 Å². The van der Waals surface area contributed by atoms with Gasteiger partial charge in [0.15, 0.2) is 6.10 Å². The first kappa shape index (κ1) is 18.0. The summed E-state index contributed by atoms with van der Waals surface area (Å²) in [5, 5.41) is 2.89. The molecule has 1 heterocycles. The van der Waals surface area contributed by atoms with Crippen LogP contribution in [0.15, 0.2) is 48.5 Å². The Morgan fingerprint density at radius 1 is 1.23 bits per heavy atom. The molecular formula is C21H24N2O3. The third-order valence-electron chi connectivity index (χ3n) is 4.45. The quantitative estimate of drug-likeness (QED) is 0.857. The van der Waals surface area contributed by atoms with Crippen LogP contribution in [0.25, 0.3) is 0 Å². The van der Waals surface area contributed by atoms with E-state index in [0.717, 1.165) is 24.2 Å². The molecule has 5 nitrogen and oxygen atoms in total. The van der Waals surface area contributed by atoms with E-state index in [1.165, 1.54) is 0 Å². The van der Waals surface area contributed by atoms with Crippen LogP contribution >= 0.6 is 0 Å². The highest BCUT2D eigenvalue weighted by Crippen LogP contribution is 2.23. The van der Waals surface area contributed by atoms with E-state index in [2.05, 4.69) is 5.32 Å². The molecule has 0 aromatic heterocycles. The monoisotopic (exact) mass is 352 g/mol. The summed E-state index contributed by atoms with van der Waals surface area (Å²) in [5.74, 6) is 0.660. The van der Waals surface area contributed by atoms with E-state index in [1.54, 1.807) is 4.90 Å². The number of amides is 2. The molecule has 0 spiro atoms. The predicted octanol–water partition coefficient (Wildman–Crippen LogP) is 3.92. The molecule has 2 amide bonds. The summed E-state index contributed by atoms with van der Waals surface area (Å²) in [6.07, 6.45) is 1.51. The van der Waals surface area contributed by atoms with E-state index in [1.807, 2.05) is 62.4 Å². The molecule has 136 valence electrons. The van der Waals surface area contributed by atoms with Gasteiger partial charge in [0.25, 0.3) is 5.91 Å². The number of nitrogens with one attached hydrogen (secondary N) is 1. The van der Waals surface area contributed by atoms with Gasteiger partial charge in [0.05, 0.1) is 0 Å². The zero-order valence-electron chi connectivity index (χ0n) is 15.2. The molecule has 5 heteroatoms. The molecule has 2 aromatic rings. The van der Waals surface area contributed by atoms with Gasteiger partial charge in [-0.15, -0.1) is 0 Å². The first-order chi connectivity index (χ1) is 12.6. The van der Waals surface area contributed by atoms with Crippen LogP contribution in [0.2, 0.25) is 0 Å². The van der Waals surface area contributed by atoms with Crippen molar-refractivity contribution in [2.24, 2.45) is 0 Å². The lowest BCUT2D eigenvalue weighted by Gasteiger charge is -2.19. The van der Waals surface area contributed by atoms with E-state index in [-0.39, 0.29) is 11.8 Å². The Hall–Kier alpha value is -2.82. The summed E-state index contributed by atoms with van der Waals surface area (Å²) in [6, 6.07) is 15.0. The van der Waals surface area contributed by atoms with Crippen molar-refractivity contribution in [2.75, 3.05) is 16.8 Å². The van der Waals surface area contributed by atoms with E-state index in [4.69, 9.17) is 4.74 Å². The van der Waals surface area contributed by atoms with Crippen molar-refractivity contribution in [1.29, 1.82) is 0 Å². The standard InChI is InChI=1S/C21H24N2O3/c1-3-19(26-18-7-4-6-15(2)14-18)21(25)22-16-9-11-17(12-10-16)23-13-5-8-20(23)24/h4,6-7,9-12,14,19H,3,5,8,13H2,1-2H3,(H,22,25)/t19-/m1/s1. The number of carbonyl (C=O) groups excluding carboxylic acids is 2. The second kappa shape index (κ2) is 8.04. The van der Waals surface area contributed by atoms with Crippen molar-refractivity contribution in [2.45, 2.75) is 39.2 Å². The topological polar surface area (TPSA) is 58.6 Å². The summed E-state index contributed by atoms with van der Waals surface area (Å²) in [6.45, 7) is 4.66. The Morgan fingerprint density at radius 2 is 2.00 bits per heavy atom.